The van der Waals surface area contributed by atoms with Crippen molar-refractivity contribution in [3.8, 4) is 0 Å². The number of sulfonamides is 1. The van der Waals surface area contributed by atoms with Crippen molar-refractivity contribution in [2.24, 2.45) is 5.92 Å². The van der Waals surface area contributed by atoms with E-state index < -0.39 is 10.0 Å². The second kappa shape index (κ2) is 6.02. The molecule has 1 rings (SSSR count). The smallest absolute Gasteiger partial charge is 0.225 e. The van der Waals surface area contributed by atoms with Gasteiger partial charge in [-0.3, -0.25) is 4.79 Å². The van der Waals surface area contributed by atoms with Gasteiger partial charge in [-0.1, -0.05) is 0 Å². The third kappa shape index (κ3) is 3.45. The Morgan fingerprint density at radius 3 is 2.22 bits per heavy atom. The van der Waals surface area contributed by atoms with Crippen molar-refractivity contribution < 1.29 is 13.2 Å². The molecule has 0 N–H and O–H groups in total. The number of carbonyl (C=O) groups excluding carboxylic acids is 1. The molecule has 1 amide bonds. The quantitative estimate of drug-likeness (QED) is 0.767. The fourth-order valence-electron chi connectivity index (χ4n) is 2.11. The average molecular weight is 276 g/mol. The summed E-state index contributed by atoms with van der Waals surface area (Å²) in [5, 5.41) is 0. The van der Waals surface area contributed by atoms with E-state index in [2.05, 4.69) is 0 Å². The van der Waals surface area contributed by atoms with Crippen LogP contribution in [0.2, 0.25) is 0 Å². The topological polar surface area (TPSA) is 57.7 Å². The van der Waals surface area contributed by atoms with Gasteiger partial charge in [0.2, 0.25) is 15.9 Å². The Morgan fingerprint density at radius 1 is 1.33 bits per heavy atom. The molecule has 106 valence electrons. The minimum absolute atomic E-state index is 0.0271. The van der Waals surface area contributed by atoms with E-state index in [-0.39, 0.29) is 23.6 Å². The molecule has 1 heterocycles. The predicted molar refractivity (Wildman–Crippen MR) is 71.7 cm³/mol. The van der Waals surface area contributed by atoms with Gasteiger partial charge in [-0.25, -0.2) is 12.7 Å². The van der Waals surface area contributed by atoms with E-state index in [0.29, 0.717) is 25.9 Å². The maximum Gasteiger partial charge on any atom is 0.225 e. The zero-order valence-corrected chi connectivity index (χ0v) is 12.5. The van der Waals surface area contributed by atoms with Crippen molar-refractivity contribution in [3.63, 3.8) is 0 Å². The van der Waals surface area contributed by atoms with Gasteiger partial charge in [-0.15, -0.1) is 0 Å². The Bertz CT molecular complexity index is 384. The lowest BCUT2D eigenvalue weighted by molar-refractivity contribution is -0.136. The fraction of sp³-hybridized carbons (Fsp3) is 0.917. The van der Waals surface area contributed by atoms with Crippen LogP contribution in [0.5, 0.6) is 0 Å². The van der Waals surface area contributed by atoms with E-state index in [4.69, 9.17) is 0 Å². The van der Waals surface area contributed by atoms with Crippen molar-refractivity contribution in [1.82, 2.24) is 9.21 Å². The highest BCUT2D eigenvalue weighted by molar-refractivity contribution is 7.89. The molecular formula is C12H24N2O3S. The molecule has 0 spiro atoms. The molecule has 6 heteroatoms. The minimum atomic E-state index is -3.10. The fourth-order valence-corrected chi connectivity index (χ4v) is 3.24. The molecule has 0 aliphatic carbocycles. The maximum absolute atomic E-state index is 12.1. The summed E-state index contributed by atoms with van der Waals surface area (Å²) < 4.78 is 24.9. The van der Waals surface area contributed by atoms with Gasteiger partial charge in [-0.05, 0) is 33.6 Å². The van der Waals surface area contributed by atoms with E-state index in [1.807, 2.05) is 20.9 Å². The first-order valence-corrected chi connectivity index (χ1v) is 8.15. The van der Waals surface area contributed by atoms with Crippen LogP contribution in [-0.2, 0) is 14.8 Å². The van der Waals surface area contributed by atoms with Crippen LogP contribution in [0.25, 0.3) is 0 Å². The molecule has 0 unspecified atom stereocenters. The van der Waals surface area contributed by atoms with Crippen LogP contribution in [0.4, 0.5) is 0 Å². The Kier molecular flexibility index (Phi) is 5.16. The number of rotatable bonds is 4. The van der Waals surface area contributed by atoms with Crippen LogP contribution in [0.3, 0.4) is 0 Å². The molecule has 0 atom stereocenters. The van der Waals surface area contributed by atoms with Crippen LogP contribution < -0.4 is 0 Å². The Labute approximate surface area is 110 Å². The molecule has 0 aromatic carbocycles. The van der Waals surface area contributed by atoms with Crippen LogP contribution >= 0.6 is 0 Å². The SMILES string of the molecule is CCS(=O)(=O)N1CCC(C(=O)N(C)C(C)C)CC1. The van der Waals surface area contributed by atoms with Crippen molar-refractivity contribution in [1.29, 1.82) is 0 Å². The maximum atomic E-state index is 12.1. The normalized spacial score (nSPS) is 19.2. The van der Waals surface area contributed by atoms with Gasteiger partial charge >= 0.3 is 0 Å². The number of nitrogens with zero attached hydrogens (tertiary/aromatic N) is 2. The van der Waals surface area contributed by atoms with Crippen molar-refractivity contribution in [2.75, 3.05) is 25.9 Å². The summed E-state index contributed by atoms with van der Waals surface area (Å²) in [5.41, 5.74) is 0. The lowest BCUT2D eigenvalue weighted by atomic mass is 9.96. The van der Waals surface area contributed by atoms with Gasteiger partial charge in [0.1, 0.15) is 0 Å². The molecule has 1 aliphatic rings. The third-order valence-corrected chi connectivity index (χ3v) is 5.57. The molecule has 0 radical (unpaired) electrons. The summed E-state index contributed by atoms with van der Waals surface area (Å²) in [5.74, 6) is 0.247. The van der Waals surface area contributed by atoms with Gasteiger partial charge < -0.3 is 4.90 Å². The van der Waals surface area contributed by atoms with E-state index in [9.17, 15) is 13.2 Å². The highest BCUT2D eigenvalue weighted by Crippen LogP contribution is 2.22. The largest absolute Gasteiger partial charge is 0.343 e. The summed E-state index contributed by atoms with van der Waals surface area (Å²) >= 11 is 0. The highest BCUT2D eigenvalue weighted by atomic mass is 32.2. The molecule has 1 aliphatic heterocycles. The van der Waals surface area contributed by atoms with Crippen LogP contribution in [0, 0.1) is 5.92 Å². The van der Waals surface area contributed by atoms with E-state index in [1.54, 1.807) is 11.8 Å². The standard InChI is InChI=1S/C12H24N2O3S/c1-5-18(16,17)14-8-6-11(7-9-14)12(15)13(4)10(2)3/h10-11H,5-9H2,1-4H3. The summed E-state index contributed by atoms with van der Waals surface area (Å²) in [7, 11) is -1.29. The Hall–Kier alpha value is -0.620. The summed E-state index contributed by atoms with van der Waals surface area (Å²) in [6.07, 6.45) is 1.27. The minimum Gasteiger partial charge on any atom is -0.343 e. The lowest BCUT2D eigenvalue weighted by Crippen LogP contribution is -2.45. The molecule has 0 aromatic heterocycles. The number of hydrogen-bond donors (Lipinski definition) is 0. The van der Waals surface area contributed by atoms with Crippen LogP contribution in [0.1, 0.15) is 33.6 Å². The molecule has 5 nitrogen and oxygen atoms in total. The van der Waals surface area contributed by atoms with Crippen LogP contribution in [-0.4, -0.2) is 55.5 Å². The number of carbonyl (C=O) groups is 1. The monoisotopic (exact) mass is 276 g/mol. The third-order valence-electron chi connectivity index (χ3n) is 3.68. The average Bonchev–Trinajstić information content (AvgIpc) is 2.37. The van der Waals surface area contributed by atoms with Crippen LogP contribution in [0.15, 0.2) is 0 Å². The molecule has 0 bridgehead atoms. The van der Waals surface area contributed by atoms with E-state index >= 15 is 0 Å². The first-order valence-electron chi connectivity index (χ1n) is 6.54. The molecule has 1 fully saturated rings. The zero-order valence-electron chi connectivity index (χ0n) is 11.7. The first kappa shape index (κ1) is 15.4. The molecule has 18 heavy (non-hydrogen) atoms. The number of amides is 1. The van der Waals surface area contributed by atoms with E-state index in [0.717, 1.165) is 0 Å². The van der Waals surface area contributed by atoms with Gasteiger partial charge in [0.05, 0.1) is 5.75 Å². The lowest BCUT2D eigenvalue weighted by Gasteiger charge is -2.33. The highest BCUT2D eigenvalue weighted by Gasteiger charge is 2.31. The molecular weight excluding hydrogens is 252 g/mol. The van der Waals surface area contributed by atoms with Gasteiger partial charge in [-0.2, -0.15) is 0 Å². The summed E-state index contributed by atoms with van der Waals surface area (Å²) in [6.45, 7) is 6.55. The Morgan fingerprint density at radius 2 is 1.83 bits per heavy atom. The number of hydrogen-bond acceptors (Lipinski definition) is 3. The van der Waals surface area contributed by atoms with Crippen molar-refractivity contribution >= 4 is 15.9 Å². The summed E-state index contributed by atoms with van der Waals surface area (Å²) in [6, 6.07) is 0.190. The predicted octanol–water partition coefficient (Wildman–Crippen LogP) is 0.915. The van der Waals surface area contributed by atoms with Crippen molar-refractivity contribution in [3.05, 3.63) is 0 Å². The second-order valence-corrected chi connectivity index (χ2v) is 7.37. The van der Waals surface area contributed by atoms with Gasteiger partial charge in [0, 0.05) is 32.1 Å². The van der Waals surface area contributed by atoms with E-state index in [1.165, 1.54) is 4.31 Å². The summed E-state index contributed by atoms with van der Waals surface area (Å²) in [4.78, 5) is 13.9. The molecule has 0 aromatic rings. The Balaban J connectivity index is 2.57. The number of piperidine rings is 1. The zero-order chi connectivity index (χ0) is 13.9. The first-order chi connectivity index (χ1) is 8.29. The molecule has 0 saturated carbocycles. The second-order valence-electron chi connectivity index (χ2n) is 5.12. The molecule has 1 saturated heterocycles. The van der Waals surface area contributed by atoms with Crippen molar-refractivity contribution in [2.45, 2.75) is 39.7 Å². The van der Waals surface area contributed by atoms with Gasteiger partial charge in [0.25, 0.3) is 0 Å². The van der Waals surface area contributed by atoms with Gasteiger partial charge in [0.15, 0.2) is 0 Å².